The van der Waals surface area contributed by atoms with Gasteiger partial charge in [-0.2, -0.15) is 0 Å². The standard InChI is InChI=1S/C6H12Cl2N2.ClH/c7-5-6(8)10-3-1-9-2-4-10;/h6,9H,1-5H2;1H. The average Bonchev–Trinajstić information content (AvgIpc) is 2.05. The molecule has 1 saturated heterocycles. The van der Waals surface area contributed by atoms with E-state index in [1.54, 1.807) is 0 Å². The molecule has 11 heavy (non-hydrogen) atoms. The van der Waals surface area contributed by atoms with Crippen molar-refractivity contribution < 1.29 is 0 Å². The van der Waals surface area contributed by atoms with E-state index in [1.807, 2.05) is 0 Å². The zero-order chi connectivity index (χ0) is 7.40. The second-order valence-corrected chi connectivity index (χ2v) is 3.19. The van der Waals surface area contributed by atoms with E-state index in [0.717, 1.165) is 26.2 Å². The van der Waals surface area contributed by atoms with Crippen LogP contribution in [0, 0.1) is 0 Å². The Balaban J connectivity index is 0.000001000. The molecule has 5 heteroatoms. The van der Waals surface area contributed by atoms with Gasteiger partial charge in [-0.05, 0) is 0 Å². The maximum Gasteiger partial charge on any atom is 0.0988 e. The van der Waals surface area contributed by atoms with E-state index >= 15 is 0 Å². The lowest BCUT2D eigenvalue weighted by molar-refractivity contribution is 0.232. The summed E-state index contributed by atoms with van der Waals surface area (Å²) in [6, 6.07) is 0. The van der Waals surface area contributed by atoms with Gasteiger partial charge in [0.1, 0.15) is 0 Å². The third-order valence-corrected chi connectivity index (χ3v) is 2.56. The molecule has 68 valence electrons. The van der Waals surface area contributed by atoms with Gasteiger partial charge in [-0.15, -0.1) is 35.6 Å². The van der Waals surface area contributed by atoms with E-state index in [0.29, 0.717) is 5.88 Å². The van der Waals surface area contributed by atoms with Crippen LogP contribution in [0.25, 0.3) is 0 Å². The Morgan fingerprint density at radius 2 is 1.91 bits per heavy atom. The third-order valence-electron chi connectivity index (χ3n) is 1.68. The van der Waals surface area contributed by atoms with E-state index in [1.165, 1.54) is 0 Å². The number of nitrogens with one attached hydrogen (secondary N) is 1. The fourth-order valence-corrected chi connectivity index (χ4v) is 1.45. The number of hydrogen-bond acceptors (Lipinski definition) is 2. The summed E-state index contributed by atoms with van der Waals surface area (Å²) in [5.41, 5.74) is 0.0174. The quantitative estimate of drug-likeness (QED) is 0.553. The van der Waals surface area contributed by atoms with Gasteiger partial charge in [0.2, 0.25) is 0 Å². The maximum atomic E-state index is 5.91. The Kier molecular flexibility index (Phi) is 6.78. The molecule has 1 heterocycles. The molecule has 1 fully saturated rings. The van der Waals surface area contributed by atoms with Gasteiger partial charge < -0.3 is 5.32 Å². The maximum absolute atomic E-state index is 5.91. The molecule has 0 amide bonds. The summed E-state index contributed by atoms with van der Waals surface area (Å²) in [6.45, 7) is 4.09. The summed E-state index contributed by atoms with van der Waals surface area (Å²) in [4.78, 5) is 2.19. The van der Waals surface area contributed by atoms with Crippen molar-refractivity contribution in [3.8, 4) is 0 Å². The van der Waals surface area contributed by atoms with Crippen LogP contribution in [0.15, 0.2) is 0 Å². The number of hydrogen-bond donors (Lipinski definition) is 1. The summed E-state index contributed by atoms with van der Waals surface area (Å²) in [6.07, 6.45) is 0. The molecule has 0 radical (unpaired) electrons. The second kappa shape index (κ2) is 6.32. The molecule has 0 aromatic heterocycles. The van der Waals surface area contributed by atoms with Crippen molar-refractivity contribution in [1.82, 2.24) is 10.2 Å². The Morgan fingerprint density at radius 1 is 1.36 bits per heavy atom. The molecule has 1 atom stereocenters. The van der Waals surface area contributed by atoms with Crippen molar-refractivity contribution in [2.45, 2.75) is 5.50 Å². The zero-order valence-corrected chi connectivity index (χ0v) is 8.55. The van der Waals surface area contributed by atoms with Crippen molar-refractivity contribution in [1.29, 1.82) is 0 Å². The van der Waals surface area contributed by atoms with Crippen LogP contribution in [0.2, 0.25) is 0 Å². The van der Waals surface area contributed by atoms with E-state index in [4.69, 9.17) is 23.2 Å². The normalized spacial score (nSPS) is 22.4. The molecule has 2 nitrogen and oxygen atoms in total. The molecule has 0 bridgehead atoms. The molecule has 1 aliphatic heterocycles. The molecular formula is C6H13Cl3N2. The molecule has 0 saturated carbocycles. The Labute approximate surface area is 83.6 Å². The van der Waals surface area contributed by atoms with Crippen molar-refractivity contribution in [3.05, 3.63) is 0 Å². The molecule has 1 N–H and O–H groups in total. The van der Waals surface area contributed by atoms with Crippen LogP contribution in [-0.4, -0.2) is 42.5 Å². The highest BCUT2D eigenvalue weighted by Gasteiger charge is 2.16. The molecule has 0 aromatic rings. The third kappa shape index (κ3) is 3.81. The van der Waals surface area contributed by atoms with E-state index < -0.39 is 0 Å². The Hall–Kier alpha value is 0.790. The number of nitrogens with zero attached hydrogens (tertiary/aromatic N) is 1. The summed E-state index contributed by atoms with van der Waals surface area (Å²) in [7, 11) is 0. The van der Waals surface area contributed by atoms with Crippen LogP contribution in [0.5, 0.6) is 0 Å². The molecule has 1 rings (SSSR count). The van der Waals surface area contributed by atoms with Gasteiger partial charge in [-0.1, -0.05) is 0 Å². The van der Waals surface area contributed by atoms with Gasteiger partial charge >= 0.3 is 0 Å². The Morgan fingerprint density at radius 3 is 2.36 bits per heavy atom. The minimum atomic E-state index is 0. The highest BCUT2D eigenvalue weighted by atomic mass is 35.5. The summed E-state index contributed by atoms with van der Waals surface area (Å²) in [5.74, 6) is 0.515. The van der Waals surface area contributed by atoms with Crippen molar-refractivity contribution in [3.63, 3.8) is 0 Å². The van der Waals surface area contributed by atoms with Gasteiger partial charge in [0.15, 0.2) is 0 Å². The highest BCUT2D eigenvalue weighted by molar-refractivity contribution is 6.27. The van der Waals surface area contributed by atoms with E-state index in [9.17, 15) is 0 Å². The molecule has 1 aliphatic rings. The molecular weight excluding hydrogens is 206 g/mol. The first-order chi connectivity index (χ1) is 4.84. The summed E-state index contributed by atoms with van der Waals surface area (Å²) in [5, 5.41) is 3.25. The minimum absolute atomic E-state index is 0. The monoisotopic (exact) mass is 218 g/mol. The van der Waals surface area contributed by atoms with Crippen LogP contribution in [-0.2, 0) is 0 Å². The topological polar surface area (TPSA) is 15.3 Å². The molecule has 0 aromatic carbocycles. The minimum Gasteiger partial charge on any atom is -0.314 e. The average molecular weight is 220 g/mol. The predicted molar refractivity (Wildman–Crippen MR) is 52.1 cm³/mol. The first kappa shape index (κ1) is 11.8. The number of halogens is 3. The highest BCUT2D eigenvalue weighted by Crippen LogP contribution is 2.06. The van der Waals surface area contributed by atoms with Crippen LogP contribution >= 0.6 is 35.6 Å². The van der Waals surface area contributed by atoms with Crippen LogP contribution < -0.4 is 5.32 Å². The van der Waals surface area contributed by atoms with Crippen molar-refractivity contribution in [2.24, 2.45) is 0 Å². The summed E-state index contributed by atoms with van der Waals surface area (Å²) >= 11 is 11.5. The van der Waals surface area contributed by atoms with Gasteiger partial charge in [-0.3, -0.25) is 4.90 Å². The van der Waals surface area contributed by atoms with Crippen molar-refractivity contribution in [2.75, 3.05) is 32.1 Å². The van der Waals surface area contributed by atoms with Gasteiger partial charge in [-0.25, -0.2) is 0 Å². The van der Waals surface area contributed by atoms with Crippen molar-refractivity contribution >= 4 is 35.6 Å². The number of piperazine rings is 1. The lowest BCUT2D eigenvalue weighted by Gasteiger charge is -2.29. The van der Waals surface area contributed by atoms with Crippen LogP contribution in [0.1, 0.15) is 0 Å². The first-order valence-corrected chi connectivity index (χ1v) is 4.46. The van der Waals surface area contributed by atoms with Gasteiger partial charge in [0.05, 0.1) is 11.4 Å². The van der Waals surface area contributed by atoms with Crippen LogP contribution in [0.4, 0.5) is 0 Å². The fourth-order valence-electron chi connectivity index (χ4n) is 1.06. The first-order valence-electron chi connectivity index (χ1n) is 3.49. The van der Waals surface area contributed by atoms with Gasteiger partial charge in [0.25, 0.3) is 0 Å². The van der Waals surface area contributed by atoms with Crippen LogP contribution in [0.3, 0.4) is 0 Å². The van der Waals surface area contributed by atoms with E-state index in [-0.39, 0.29) is 17.9 Å². The number of alkyl halides is 2. The molecule has 1 unspecified atom stereocenters. The second-order valence-electron chi connectivity index (χ2n) is 2.37. The Bertz CT molecular complexity index is 95.8. The zero-order valence-electron chi connectivity index (χ0n) is 6.22. The number of rotatable bonds is 2. The molecule has 0 aliphatic carbocycles. The molecule has 0 spiro atoms. The SMILES string of the molecule is Cl.ClCC(Cl)N1CCNCC1. The van der Waals surface area contributed by atoms with Gasteiger partial charge in [0, 0.05) is 26.2 Å². The smallest absolute Gasteiger partial charge is 0.0988 e. The lowest BCUT2D eigenvalue weighted by Crippen LogP contribution is -2.47. The largest absolute Gasteiger partial charge is 0.314 e. The van der Waals surface area contributed by atoms with E-state index in [2.05, 4.69) is 10.2 Å². The predicted octanol–water partition coefficient (Wildman–Crippen LogP) is 1.12. The fraction of sp³-hybridized carbons (Fsp3) is 1.00. The summed E-state index contributed by atoms with van der Waals surface area (Å²) < 4.78 is 0. The lowest BCUT2D eigenvalue weighted by atomic mass is 10.4.